The molecule has 0 fully saturated rings. The first-order valence-electron chi connectivity index (χ1n) is 9.48. The monoisotopic (exact) mass is 362 g/mol. The van der Waals surface area contributed by atoms with E-state index in [9.17, 15) is 5.11 Å². The van der Waals surface area contributed by atoms with Crippen LogP contribution in [0.3, 0.4) is 0 Å². The molecule has 0 spiro atoms. The molecule has 1 N–H and O–H groups in total. The average Bonchev–Trinajstić information content (AvgIpc) is 2.67. The molecule has 3 rings (SSSR count). The van der Waals surface area contributed by atoms with E-state index in [0.717, 1.165) is 12.8 Å². The number of hydrogen-bond donors (Lipinski definition) is 1. The summed E-state index contributed by atoms with van der Waals surface area (Å²) in [6, 6.07) is 25.9. The number of rotatable bonds is 7. The van der Waals surface area contributed by atoms with Crippen LogP contribution in [0.15, 0.2) is 72.8 Å². The molecule has 0 saturated carbocycles. The summed E-state index contributed by atoms with van der Waals surface area (Å²) < 4.78 is 0. The van der Waals surface area contributed by atoms with Gasteiger partial charge in [0.25, 0.3) is 0 Å². The van der Waals surface area contributed by atoms with Crippen LogP contribution in [-0.4, -0.2) is 5.11 Å². The van der Waals surface area contributed by atoms with Crippen molar-refractivity contribution in [2.24, 2.45) is 0 Å². The first-order valence-corrected chi connectivity index (χ1v) is 10.8. The quantitative estimate of drug-likeness (QED) is 0.583. The van der Waals surface area contributed by atoms with Crippen LogP contribution in [0.1, 0.15) is 37.8 Å². The third-order valence-corrected chi connectivity index (χ3v) is 7.02. The summed E-state index contributed by atoms with van der Waals surface area (Å²) in [7, 11) is -0.613. The Hall–Kier alpha value is -2.11. The van der Waals surface area contributed by atoms with E-state index < -0.39 is 7.92 Å². The Morgan fingerprint density at radius 1 is 0.577 bits per heavy atom. The van der Waals surface area contributed by atoms with Crippen molar-refractivity contribution >= 4 is 23.8 Å². The second-order valence-corrected chi connectivity index (χ2v) is 8.90. The molecule has 0 saturated heterocycles. The minimum absolute atomic E-state index is 0.320. The Balaban J connectivity index is 1.99. The van der Waals surface area contributed by atoms with Gasteiger partial charge in [-0.2, -0.15) is 0 Å². The molecule has 0 atom stereocenters. The fourth-order valence-electron chi connectivity index (χ4n) is 3.25. The van der Waals surface area contributed by atoms with Crippen molar-refractivity contribution in [2.45, 2.75) is 39.5 Å². The van der Waals surface area contributed by atoms with Crippen molar-refractivity contribution in [3.05, 3.63) is 83.9 Å². The topological polar surface area (TPSA) is 20.2 Å². The van der Waals surface area contributed by atoms with Crippen molar-refractivity contribution in [3.8, 4) is 5.75 Å². The second kappa shape index (κ2) is 9.01. The molecule has 3 aromatic rings. The molecule has 0 bridgehead atoms. The molecule has 0 radical (unpaired) electrons. The second-order valence-electron chi connectivity index (χ2n) is 6.68. The molecule has 0 heterocycles. The number of hydrogen-bond acceptors (Lipinski definition) is 1. The zero-order chi connectivity index (χ0) is 18.4. The molecule has 0 aliphatic rings. The highest BCUT2D eigenvalue weighted by molar-refractivity contribution is 7.79. The van der Waals surface area contributed by atoms with E-state index >= 15 is 0 Å². The summed E-state index contributed by atoms with van der Waals surface area (Å²) in [5.74, 6) is 0.320. The predicted octanol–water partition coefficient (Wildman–Crippen LogP) is 5.06. The van der Waals surface area contributed by atoms with Crippen molar-refractivity contribution in [3.63, 3.8) is 0 Å². The van der Waals surface area contributed by atoms with Gasteiger partial charge in [0.1, 0.15) is 5.75 Å². The van der Waals surface area contributed by atoms with Gasteiger partial charge in [0.05, 0.1) is 0 Å². The molecule has 0 aliphatic carbocycles. The molecule has 0 aliphatic heterocycles. The van der Waals surface area contributed by atoms with E-state index in [1.54, 1.807) is 12.1 Å². The maximum absolute atomic E-state index is 9.68. The van der Waals surface area contributed by atoms with Gasteiger partial charge in [0.2, 0.25) is 0 Å². The Morgan fingerprint density at radius 3 is 1.27 bits per heavy atom. The predicted molar refractivity (Wildman–Crippen MR) is 115 cm³/mol. The lowest BCUT2D eigenvalue weighted by molar-refractivity contribution is 0.475. The van der Waals surface area contributed by atoms with Gasteiger partial charge in [-0.15, -0.1) is 0 Å². The SMILES string of the molecule is CCCc1ccc(P(c2ccc(O)cc2)c2ccc(CCC)cc2)cc1. The van der Waals surface area contributed by atoms with Crippen LogP contribution in [0.2, 0.25) is 0 Å². The Morgan fingerprint density at radius 2 is 0.923 bits per heavy atom. The van der Waals surface area contributed by atoms with Crippen LogP contribution < -0.4 is 15.9 Å². The first kappa shape index (κ1) is 18.7. The Kier molecular flexibility index (Phi) is 6.47. The van der Waals surface area contributed by atoms with E-state index in [-0.39, 0.29) is 0 Å². The van der Waals surface area contributed by atoms with Crippen molar-refractivity contribution in [1.29, 1.82) is 0 Å². The molecule has 0 aromatic heterocycles. The smallest absolute Gasteiger partial charge is 0.115 e. The standard InChI is InChI=1S/C24H27OP/c1-3-5-19-7-13-22(14-8-19)26(24-17-11-21(25)12-18-24)23-15-9-20(6-4-2)10-16-23/h7-18,25H,3-6H2,1-2H3. The number of phenolic OH excluding ortho intramolecular Hbond substituents is 1. The van der Waals surface area contributed by atoms with Crippen LogP contribution in [0.5, 0.6) is 5.75 Å². The number of phenols is 1. The molecular formula is C24H27OP. The van der Waals surface area contributed by atoms with Gasteiger partial charge in [-0.25, -0.2) is 0 Å². The van der Waals surface area contributed by atoms with E-state index in [0.29, 0.717) is 5.75 Å². The minimum atomic E-state index is -0.613. The summed E-state index contributed by atoms with van der Waals surface area (Å²) in [6.45, 7) is 4.43. The van der Waals surface area contributed by atoms with Crippen molar-refractivity contribution in [1.82, 2.24) is 0 Å². The van der Waals surface area contributed by atoms with Crippen LogP contribution in [0.4, 0.5) is 0 Å². The van der Waals surface area contributed by atoms with E-state index in [2.05, 4.69) is 74.5 Å². The lowest BCUT2D eigenvalue weighted by atomic mass is 10.1. The maximum atomic E-state index is 9.68. The summed E-state index contributed by atoms with van der Waals surface area (Å²) in [5, 5.41) is 13.7. The van der Waals surface area contributed by atoms with Crippen molar-refractivity contribution < 1.29 is 5.11 Å². The molecule has 1 nitrogen and oxygen atoms in total. The van der Waals surface area contributed by atoms with Gasteiger partial charge in [0, 0.05) is 0 Å². The number of benzene rings is 3. The Labute approximate surface area is 158 Å². The average molecular weight is 362 g/mol. The van der Waals surface area contributed by atoms with Crippen molar-refractivity contribution in [2.75, 3.05) is 0 Å². The van der Waals surface area contributed by atoms with E-state index in [1.807, 2.05) is 0 Å². The van der Waals surface area contributed by atoms with Gasteiger partial charge in [-0.05, 0) is 59.9 Å². The molecule has 26 heavy (non-hydrogen) atoms. The maximum Gasteiger partial charge on any atom is 0.115 e. The lowest BCUT2D eigenvalue weighted by Crippen LogP contribution is -2.20. The molecule has 0 unspecified atom stereocenters. The Bertz CT molecular complexity index is 755. The highest BCUT2D eigenvalue weighted by atomic mass is 31.1. The molecular weight excluding hydrogens is 335 g/mol. The fraction of sp³-hybridized carbons (Fsp3) is 0.250. The van der Waals surface area contributed by atoms with Crippen LogP contribution in [0, 0.1) is 0 Å². The van der Waals surface area contributed by atoms with Gasteiger partial charge in [-0.1, -0.05) is 87.4 Å². The van der Waals surface area contributed by atoms with Crippen LogP contribution in [0.25, 0.3) is 0 Å². The fourth-order valence-corrected chi connectivity index (χ4v) is 5.49. The third-order valence-electron chi connectivity index (χ3n) is 4.57. The zero-order valence-corrected chi connectivity index (χ0v) is 16.5. The molecule has 2 heteroatoms. The normalized spacial score (nSPS) is 11.0. The lowest BCUT2D eigenvalue weighted by Gasteiger charge is -2.20. The molecule has 134 valence electrons. The van der Waals surface area contributed by atoms with E-state index in [1.165, 1.54) is 39.9 Å². The van der Waals surface area contributed by atoms with Gasteiger partial charge >= 0.3 is 0 Å². The molecule has 3 aromatic carbocycles. The van der Waals surface area contributed by atoms with Gasteiger partial charge in [-0.3, -0.25) is 0 Å². The highest BCUT2D eigenvalue weighted by Crippen LogP contribution is 2.33. The zero-order valence-electron chi connectivity index (χ0n) is 15.7. The number of aromatic hydroxyl groups is 1. The molecule has 0 amide bonds. The summed E-state index contributed by atoms with van der Waals surface area (Å²) >= 11 is 0. The summed E-state index contributed by atoms with van der Waals surface area (Å²) in [5.41, 5.74) is 2.80. The minimum Gasteiger partial charge on any atom is -0.508 e. The number of aryl methyl sites for hydroxylation is 2. The summed E-state index contributed by atoms with van der Waals surface area (Å²) in [6.07, 6.45) is 4.60. The van der Waals surface area contributed by atoms with Crippen LogP contribution >= 0.6 is 7.92 Å². The first-order chi connectivity index (χ1) is 12.7. The van der Waals surface area contributed by atoms with Gasteiger partial charge in [0.15, 0.2) is 0 Å². The third kappa shape index (κ3) is 4.54. The highest BCUT2D eigenvalue weighted by Gasteiger charge is 2.16. The largest absolute Gasteiger partial charge is 0.508 e. The van der Waals surface area contributed by atoms with E-state index in [4.69, 9.17) is 0 Å². The van der Waals surface area contributed by atoms with Crippen LogP contribution in [-0.2, 0) is 12.8 Å². The summed E-state index contributed by atoms with van der Waals surface area (Å²) in [4.78, 5) is 0. The van der Waals surface area contributed by atoms with Gasteiger partial charge < -0.3 is 5.11 Å².